The van der Waals surface area contributed by atoms with Crippen molar-refractivity contribution in [3.63, 3.8) is 0 Å². The van der Waals surface area contributed by atoms with E-state index in [-0.39, 0.29) is 11.3 Å². The minimum atomic E-state index is -1.21. The zero-order valence-corrected chi connectivity index (χ0v) is 13.5. The molecule has 0 aromatic heterocycles. The van der Waals surface area contributed by atoms with Gasteiger partial charge in [-0.05, 0) is 38.1 Å². The van der Waals surface area contributed by atoms with E-state index in [1.165, 1.54) is 19.9 Å². The topological polar surface area (TPSA) is 72.5 Å². The third-order valence-electron chi connectivity index (χ3n) is 3.29. The molecular formula is C18H15F2NO4. The third kappa shape index (κ3) is 4.94. The number of benzene rings is 2. The highest BCUT2D eigenvalue weighted by molar-refractivity contribution is 5.99. The van der Waals surface area contributed by atoms with Crippen LogP contribution < -0.4 is 5.32 Å². The monoisotopic (exact) mass is 347 g/mol. The van der Waals surface area contributed by atoms with E-state index in [1.807, 2.05) is 0 Å². The molecule has 0 aliphatic carbocycles. The van der Waals surface area contributed by atoms with Gasteiger partial charge >= 0.3 is 5.97 Å². The summed E-state index contributed by atoms with van der Waals surface area (Å²) in [6.07, 6.45) is -1.21. The number of nitrogens with one attached hydrogen (secondary N) is 1. The summed E-state index contributed by atoms with van der Waals surface area (Å²) in [7, 11) is 0. The average molecular weight is 347 g/mol. The molecule has 25 heavy (non-hydrogen) atoms. The highest BCUT2D eigenvalue weighted by Gasteiger charge is 2.20. The van der Waals surface area contributed by atoms with Crippen LogP contribution >= 0.6 is 0 Å². The number of hydrogen-bond donors (Lipinski definition) is 1. The number of hydrogen-bond acceptors (Lipinski definition) is 4. The molecule has 0 spiro atoms. The highest BCUT2D eigenvalue weighted by atomic mass is 19.1. The largest absolute Gasteiger partial charge is 0.449 e. The molecule has 7 heteroatoms. The molecule has 0 aliphatic rings. The first-order chi connectivity index (χ1) is 11.8. The Kier molecular flexibility index (Phi) is 5.59. The van der Waals surface area contributed by atoms with Gasteiger partial charge in [0.05, 0.1) is 5.56 Å². The first-order valence-electron chi connectivity index (χ1n) is 7.35. The van der Waals surface area contributed by atoms with Gasteiger partial charge in [-0.25, -0.2) is 13.6 Å². The van der Waals surface area contributed by atoms with Crippen molar-refractivity contribution in [1.82, 2.24) is 0 Å². The van der Waals surface area contributed by atoms with Crippen LogP contribution in [0.5, 0.6) is 0 Å². The van der Waals surface area contributed by atoms with Gasteiger partial charge in [-0.1, -0.05) is 12.1 Å². The van der Waals surface area contributed by atoms with Gasteiger partial charge < -0.3 is 10.1 Å². The standard InChI is InChI=1S/C18H15F2NO4/c1-10(22)12-4-3-5-16(8-12)21-17(23)11(2)25-18(24)13-6-14(19)9-15(20)7-13/h3-9,11H,1-2H3,(H,21,23)/t11-/m1/s1. The number of anilines is 1. The molecule has 0 radical (unpaired) electrons. The van der Waals surface area contributed by atoms with E-state index in [4.69, 9.17) is 4.74 Å². The summed E-state index contributed by atoms with van der Waals surface area (Å²) >= 11 is 0. The van der Waals surface area contributed by atoms with Gasteiger partial charge in [0.25, 0.3) is 5.91 Å². The fourth-order valence-corrected chi connectivity index (χ4v) is 2.01. The Morgan fingerprint density at radius 1 is 1.00 bits per heavy atom. The molecule has 2 aromatic rings. The van der Waals surface area contributed by atoms with Gasteiger partial charge in [-0.2, -0.15) is 0 Å². The van der Waals surface area contributed by atoms with Crippen molar-refractivity contribution in [2.24, 2.45) is 0 Å². The first-order valence-corrected chi connectivity index (χ1v) is 7.35. The van der Waals surface area contributed by atoms with Gasteiger partial charge in [0.2, 0.25) is 0 Å². The predicted molar refractivity (Wildman–Crippen MR) is 86.3 cm³/mol. The lowest BCUT2D eigenvalue weighted by Crippen LogP contribution is -2.30. The van der Waals surface area contributed by atoms with E-state index in [9.17, 15) is 23.2 Å². The maximum atomic E-state index is 13.1. The molecular weight excluding hydrogens is 332 g/mol. The second-order valence-electron chi connectivity index (χ2n) is 5.33. The summed E-state index contributed by atoms with van der Waals surface area (Å²) in [6.45, 7) is 2.71. The number of carbonyl (C=O) groups is 3. The molecule has 0 fully saturated rings. The summed E-state index contributed by atoms with van der Waals surface area (Å²) in [5.74, 6) is -3.69. The van der Waals surface area contributed by atoms with E-state index >= 15 is 0 Å². The Morgan fingerprint density at radius 3 is 2.24 bits per heavy atom. The van der Waals surface area contributed by atoms with Gasteiger partial charge in [0.1, 0.15) is 11.6 Å². The molecule has 0 heterocycles. The SMILES string of the molecule is CC(=O)c1cccc(NC(=O)[C@@H](C)OC(=O)c2cc(F)cc(F)c2)c1. The molecule has 130 valence electrons. The molecule has 0 bridgehead atoms. The third-order valence-corrected chi connectivity index (χ3v) is 3.29. The van der Waals surface area contributed by atoms with Gasteiger partial charge in [0, 0.05) is 17.3 Å². The predicted octanol–water partition coefficient (Wildman–Crippen LogP) is 3.35. The van der Waals surface area contributed by atoms with E-state index in [0.29, 0.717) is 17.3 Å². The minimum absolute atomic E-state index is 0.163. The Hall–Kier alpha value is -3.09. The number of carbonyl (C=O) groups excluding carboxylic acids is 3. The first kappa shape index (κ1) is 18.3. The van der Waals surface area contributed by atoms with Crippen LogP contribution in [-0.2, 0) is 9.53 Å². The molecule has 0 saturated carbocycles. The Bertz CT molecular complexity index is 815. The molecule has 2 rings (SSSR count). The van der Waals surface area contributed by atoms with Crippen LogP contribution in [-0.4, -0.2) is 23.8 Å². The van der Waals surface area contributed by atoms with Crippen LogP contribution in [0.4, 0.5) is 14.5 Å². The number of ether oxygens (including phenoxy) is 1. The Morgan fingerprint density at radius 2 is 1.64 bits per heavy atom. The van der Waals surface area contributed by atoms with Crippen molar-refractivity contribution in [2.45, 2.75) is 20.0 Å². The number of Topliss-reactive ketones (excluding diaryl/α,β-unsaturated/α-hetero) is 1. The maximum absolute atomic E-state index is 13.1. The lowest BCUT2D eigenvalue weighted by molar-refractivity contribution is -0.123. The van der Waals surface area contributed by atoms with Crippen LogP contribution in [0, 0.1) is 11.6 Å². The summed E-state index contributed by atoms with van der Waals surface area (Å²) in [6, 6.07) is 8.49. The number of rotatable bonds is 5. The molecule has 0 unspecified atom stereocenters. The van der Waals surface area contributed by atoms with E-state index < -0.39 is 29.6 Å². The summed E-state index contributed by atoms with van der Waals surface area (Å²) in [5.41, 5.74) is 0.436. The quantitative estimate of drug-likeness (QED) is 0.665. The fourth-order valence-electron chi connectivity index (χ4n) is 2.01. The Labute approximate surface area is 142 Å². The summed E-state index contributed by atoms with van der Waals surface area (Å²) in [5, 5.41) is 2.50. The van der Waals surface area contributed by atoms with Crippen LogP contribution in [0.25, 0.3) is 0 Å². The van der Waals surface area contributed by atoms with E-state index in [1.54, 1.807) is 18.2 Å². The fraction of sp³-hybridized carbons (Fsp3) is 0.167. The molecule has 5 nitrogen and oxygen atoms in total. The summed E-state index contributed by atoms with van der Waals surface area (Å²) < 4.78 is 31.1. The number of halogens is 2. The number of amides is 1. The van der Waals surface area contributed by atoms with Crippen molar-refractivity contribution in [3.05, 3.63) is 65.2 Å². The van der Waals surface area contributed by atoms with Gasteiger partial charge in [0.15, 0.2) is 11.9 Å². The number of ketones is 1. The molecule has 1 N–H and O–H groups in total. The molecule has 0 aliphatic heterocycles. The van der Waals surface area contributed by atoms with Crippen LogP contribution in [0.3, 0.4) is 0 Å². The van der Waals surface area contributed by atoms with Gasteiger partial charge in [-0.3, -0.25) is 9.59 Å². The van der Waals surface area contributed by atoms with E-state index in [2.05, 4.69) is 5.32 Å². The average Bonchev–Trinajstić information content (AvgIpc) is 2.54. The normalized spacial score (nSPS) is 11.5. The molecule has 0 saturated heterocycles. The second kappa shape index (κ2) is 7.65. The Balaban J connectivity index is 2.03. The highest BCUT2D eigenvalue weighted by Crippen LogP contribution is 2.14. The van der Waals surface area contributed by atoms with Crippen LogP contribution in [0.15, 0.2) is 42.5 Å². The smallest absolute Gasteiger partial charge is 0.339 e. The lowest BCUT2D eigenvalue weighted by Gasteiger charge is -2.14. The zero-order chi connectivity index (χ0) is 18.6. The van der Waals surface area contributed by atoms with Crippen molar-refractivity contribution in [1.29, 1.82) is 0 Å². The lowest BCUT2D eigenvalue weighted by atomic mass is 10.1. The molecule has 1 amide bonds. The van der Waals surface area contributed by atoms with Crippen molar-refractivity contribution < 1.29 is 27.9 Å². The second-order valence-corrected chi connectivity index (χ2v) is 5.33. The van der Waals surface area contributed by atoms with Crippen molar-refractivity contribution in [2.75, 3.05) is 5.32 Å². The van der Waals surface area contributed by atoms with Crippen LogP contribution in [0.1, 0.15) is 34.6 Å². The van der Waals surface area contributed by atoms with Crippen molar-refractivity contribution >= 4 is 23.3 Å². The zero-order valence-electron chi connectivity index (χ0n) is 13.5. The molecule has 2 aromatic carbocycles. The molecule has 1 atom stereocenters. The van der Waals surface area contributed by atoms with Gasteiger partial charge in [-0.15, -0.1) is 0 Å². The summed E-state index contributed by atoms with van der Waals surface area (Å²) in [4.78, 5) is 35.3. The van der Waals surface area contributed by atoms with Crippen molar-refractivity contribution in [3.8, 4) is 0 Å². The maximum Gasteiger partial charge on any atom is 0.339 e. The minimum Gasteiger partial charge on any atom is -0.449 e. The van der Waals surface area contributed by atoms with Crippen LogP contribution in [0.2, 0.25) is 0 Å². The van der Waals surface area contributed by atoms with E-state index in [0.717, 1.165) is 12.1 Å². The number of esters is 1.